The molecule has 1 aliphatic rings. The zero-order chi connectivity index (χ0) is 14.9. The number of hydrogen-bond acceptors (Lipinski definition) is 3. The molecule has 0 aromatic heterocycles. The minimum Gasteiger partial charge on any atom is -0.378 e. The SMILES string of the molecule is CCOC1CC(N)(C(=O)NCCC(C)(C)C)C1(C)C.Cl. The fraction of sp³-hybridized carbons (Fsp3) is 0.933. The molecule has 1 fully saturated rings. The van der Waals surface area contributed by atoms with Gasteiger partial charge in [0.1, 0.15) is 5.54 Å². The molecule has 4 nitrogen and oxygen atoms in total. The lowest BCUT2D eigenvalue weighted by Crippen LogP contribution is -2.75. The van der Waals surface area contributed by atoms with Crippen molar-refractivity contribution in [1.29, 1.82) is 0 Å². The number of carbonyl (C=O) groups is 1. The first-order chi connectivity index (χ1) is 8.54. The van der Waals surface area contributed by atoms with Gasteiger partial charge in [-0.2, -0.15) is 0 Å². The number of carbonyl (C=O) groups excluding carboxylic acids is 1. The first-order valence-electron chi connectivity index (χ1n) is 7.23. The highest BCUT2D eigenvalue weighted by Crippen LogP contribution is 2.49. The Morgan fingerprint density at radius 2 is 1.95 bits per heavy atom. The van der Waals surface area contributed by atoms with Crippen molar-refractivity contribution in [3.63, 3.8) is 0 Å². The summed E-state index contributed by atoms with van der Waals surface area (Å²) in [6.07, 6.45) is 1.63. The van der Waals surface area contributed by atoms with Crippen LogP contribution < -0.4 is 11.1 Å². The molecular formula is C15H31ClN2O2. The van der Waals surface area contributed by atoms with Crippen molar-refractivity contribution in [3.05, 3.63) is 0 Å². The Labute approximate surface area is 129 Å². The van der Waals surface area contributed by atoms with Crippen LogP contribution in [0.25, 0.3) is 0 Å². The van der Waals surface area contributed by atoms with Crippen LogP contribution in [0.5, 0.6) is 0 Å². The summed E-state index contributed by atoms with van der Waals surface area (Å²) in [5, 5.41) is 2.98. The summed E-state index contributed by atoms with van der Waals surface area (Å²) in [6.45, 7) is 13.8. The van der Waals surface area contributed by atoms with Crippen LogP contribution in [-0.2, 0) is 9.53 Å². The molecule has 0 radical (unpaired) electrons. The smallest absolute Gasteiger partial charge is 0.240 e. The van der Waals surface area contributed by atoms with E-state index in [1.807, 2.05) is 20.8 Å². The minimum absolute atomic E-state index is 0. The largest absolute Gasteiger partial charge is 0.378 e. The van der Waals surface area contributed by atoms with E-state index in [4.69, 9.17) is 10.5 Å². The van der Waals surface area contributed by atoms with Crippen LogP contribution in [0, 0.1) is 10.8 Å². The summed E-state index contributed by atoms with van der Waals surface area (Å²) in [6, 6.07) is 0. The lowest BCUT2D eigenvalue weighted by molar-refractivity contribution is -0.170. The van der Waals surface area contributed by atoms with Crippen molar-refractivity contribution >= 4 is 18.3 Å². The average Bonchev–Trinajstić information content (AvgIpc) is 2.26. The molecule has 0 spiro atoms. The second kappa shape index (κ2) is 6.63. The van der Waals surface area contributed by atoms with Gasteiger partial charge in [0, 0.05) is 25.0 Å². The predicted molar refractivity (Wildman–Crippen MR) is 85.1 cm³/mol. The topological polar surface area (TPSA) is 64.3 Å². The van der Waals surface area contributed by atoms with Gasteiger partial charge >= 0.3 is 0 Å². The van der Waals surface area contributed by atoms with Crippen LogP contribution in [0.2, 0.25) is 0 Å². The number of amides is 1. The van der Waals surface area contributed by atoms with Crippen LogP contribution in [0.15, 0.2) is 0 Å². The molecule has 0 aliphatic heterocycles. The molecule has 0 bridgehead atoms. The summed E-state index contributed by atoms with van der Waals surface area (Å²) in [7, 11) is 0. The first-order valence-corrected chi connectivity index (χ1v) is 7.23. The molecule has 5 heteroatoms. The molecule has 0 heterocycles. The summed E-state index contributed by atoms with van der Waals surface area (Å²) in [4.78, 5) is 12.3. The van der Waals surface area contributed by atoms with E-state index >= 15 is 0 Å². The number of ether oxygens (including phenoxy) is 1. The van der Waals surface area contributed by atoms with Crippen molar-refractivity contribution in [2.24, 2.45) is 16.6 Å². The molecule has 20 heavy (non-hydrogen) atoms. The normalized spacial score (nSPS) is 28.2. The maximum Gasteiger partial charge on any atom is 0.240 e. The monoisotopic (exact) mass is 306 g/mol. The van der Waals surface area contributed by atoms with Crippen LogP contribution in [0.1, 0.15) is 54.4 Å². The Bertz CT molecular complexity index is 339. The third-order valence-electron chi connectivity index (χ3n) is 4.40. The van der Waals surface area contributed by atoms with E-state index in [0.29, 0.717) is 19.6 Å². The minimum atomic E-state index is -0.801. The molecule has 0 saturated heterocycles. The van der Waals surface area contributed by atoms with E-state index in [0.717, 1.165) is 6.42 Å². The average molecular weight is 307 g/mol. The van der Waals surface area contributed by atoms with Crippen LogP contribution in [0.4, 0.5) is 0 Å². The van der Waals surface area contributed by atoms with E-state index < -0.39 is 5.54 Å². The van der Waals surface area contributed by atoms with E-state index in [1.54, 1.807) is 0 Å². The Kier molecular flexibility index (Phi) is 6.52. The van der Waals surface area contributed by atoms with Crippen molar-refractivity contribution in [1.82, 2.24) is 5.32 Å². The second-order valence-electron chi connectivity index (χ2n) is 7.41. The maximum absolute atomic E-state index is 12.3. The van der Waals surface area contributed by atoms with Crippen molar-refractivity contribution in [2.75, 3.05) is 13.2 Å². The summed E-state index contributed by atoms with van der Waals surface area (Å²) in [5.74, 6) is -0.0438. The molecule has 0 aromatic carbocycles. The summed E-state index contributed by atoms with van der Waals surface area (Å²) in [5.41, 5.74) is 5.41. The van der Waals surface area contributed by atoms with Gasteiger partial charge in [-0.15, -0.1) is 12.4 Å². The number of hydrogen-bond donors (Lipinski definition) is 2. The van der Waals surface area contributed by atoms with E-state index in [2.05, 4.69) is 26.1 Å². The number of rotatable bonds is 5. The zero-order valence-corrected chi connectivity index (χ0v) is 14.5. The van der Waals surface area contributed by atoms with E-state index in [-0.39, 0.29) is 35.2 Å². The third-order valence-corrected chi connectivity index (χ3v) is 4.40. The van der Waals surface area contributed by atoms with E-state index in [9.17, 15) is 4.79 Å². The highest BCUT2D eigenvalue weighted by atomic mass is 35.5. The van der Waals surface area contributed by atoms with E-state index in [1.165, 1.54) is 0 Å². The Morgan fingerprint density at radius 1 is 1.40 bits per heavy atom. The van der Waals surface area contributed by atoms with Gasteiger partial charge in [0.05, 0.1) is 6.10 Å². The summed E-state index contributed by atoms with van der Waals surface area (Å²) >= 11 is 0. The Hall–Kier alpha value is -0.320. The zero-order valence-electron chi connectivity index (χ0n) is 13.7. The van der Waals surface area contributed by atoms with Crippen molar-refractivity contribution in [3.8, 4) is 0 Å². The maximum atomic E-state index is 12.3. The number of halogens is 1. The van der Waals surface area contributed by atoms with Gasteiger partial charge in [-0.25, -0.2) is 0 Å². The lowest BCUT2D eigenvalue weighted by atomic mass is 9.54. The summed E-state index contributed by atoms with van der Waals surface area (Å²) < 4.78 is 5.64. The Morgan fingerprint density at radius 3 is 2.35 bits per heavy atom. The van der Waals surface area contributed by atoms with Crippen LogP contribution in [0.3, 0.4) is 0 Å². The van der Waals surface area contributed by atoms with Gasteiger partial charge in [0.25, 0.3) is 0 Å². The lowest BCUT2D eigenvalue weighted by Gasteiger charge is -2.57. The Balaban J connectivity index is 0.00000361. The quantitative estimate of drug-likeness (QED) is 0.820. The van der Waals surface area contributed by atoms with Gasteiger partial charge in [0.2, 0.25) is 5.91 Å². The van der Waals surface area contributed by atoms with Crippen molar-refractivity contribution < 1.29 is 9.53 Å². The standard InChI is InChI=1S/C15H30N2O2.ClH/c1-7-19-11-10-15(16,14(11,5)6)12(18)17-9-8-13(2,3)4;/h11H,7-10,16H2,1-6H3,(H,17,18);1H. The first kappa shape index (κ1) is 19.7. The van der Waals surface area contributed by atoms with Gasteiger partial charge in [-0.1, -0.05) is 34.6 Å². The molecule has 2 unspecified atom stereocenters. The molecule has 3 N–H and O–H groups in total. The number of nitrogens with two attached hydrogens (primary N) is 1. The molecule has 120 valence electrons. The van der Waals surface area contributed by atoms with Crippen molar-refractivity contribution in [2.45, 2.75) is 66.0 Å². The molecule has 1 amide bonds. The highest BCUT2D eigenvalue weighted by Gasteiger charge is 2.62. The fourth-order valence-electron chi connectivity index (χ4n) is 2.53. The number of nitrogens with one attached hydrogen (secondary N) is 1. The van der Waals surface area contributed by atoms with Gasteiger partial charge in [0.15, 0.2) is 0 Å². The second-order valence-corrected chi connectivity index (χ2v) is 7.41. The molecule has 1 saturated carbocycles. The fourth-order valence-corrected chi connectivity index (χ4v) is 2.53. The van der Waals surface area contributed by atoms with Crippen LogP contribution >= 0.6 is 12.4 Å². The molecule has 1 aliphatic carbocycles. The highest BCUT2D eigenvalue weighted by molar-refractivity contribution is 5.88. The molecule has 1 rings (SSSR count). The van der Waals surface area contributed by atoms with Gasteiger partial charge in [-0.05, 0) is 18.8 Å². The molecule has 0 aromatic rings. The van der Waals surface area contributed by atoms with Crippen LogP contribution in [-0.4, -0.2) is 30.7 Å². The van der Waals surface area contributed by atoms with Gasteiger partial charge in [-0.3, -0.25) is 4.79 Å². The molecule has 2 atom stereocenters. The third kappa shape index (κ3) is 3.86. The molecular weight excluding hydrogens is 276 g/mol. The predicted octanol–water partition coefficient (Wildman–Crippen LogP) is 2.49. The van der Waals surface area contributed by atoms with Gasteiger partial charge < -0.3 is 15.8 Å².